The fraction of sp³-hybridized carbons (Fsp3) is 0. The van der Waals surface area contributed by atoms with E-state index in [0.29, 0.717) is 28.6 Å². The van der Waals surface area contributed by atoms with Crippen molar-refractivity contribution in [3.63, 3.8) is 0 Å². The number of rotatable bonds is 7. The molecule has 0 saturated heterocycles. The lowest BCUT2D eigenvalue weighted by Crippen LogP contribution is -2.04. The highest BCUT2D eigenvalue weighted by atomic mass is 15.1. The fourth-order valence-corrected chi connectivity index (χ4v) is 9.36. The number of fused-ring (bicyclic) bond motifs is 6. The molecule has 0 atom stereocenters. The van der Waals surface area contributed by atoms with Crippen LogP contribution in [-0.2, 0) is 0 Å². The molecule has 0 spiro atoms. The average molecular weight is 842 g/mol. The molecule has 0 N–H and O–H groups in total. The van der Waals surface area contributed by atoms with Gasteiger partial charge in [-0.15, -0.1) is 0 Å². The molecule has 7 heteroatoms. The zero-order valence-corrected chi connectivity index (χ0v) is 35.3. The van der Waals surface area contributed by atoms with Gasteiger partial charge in [0.2, 0.25) is 0 Å². The van der Waals surface area contributed by atoms with E-state index in [9.17, 15) is 10.5 Å². The topological polar surface area (TPSA) is 96.1 Å². The van der Waals surface area contributed by atoms with E-state index < -0.39 is 0 Å². The molecule has 3 heterocycles. The van der Waals surface area contributed by atoms with Gasteiger partial charge in [0.05, 0.1) is 51.0 Å². The van der Waals surface area contributed by atoms with Crippen molar-refractivity contribution in [2.75, 3.05) is 0 Å². The zero-order valence-electron chi connectivity index (χ0n) is 35.3. The molecule has 0 bridgehead atoms. The molecule has 12 rings (SSSR count). The summed E-state index contributed by atoms with van der Waals surface area (Å²) in [4.78, 5) is 15.6. The van der Waals surface area contributed by atoms with Gasteiger partial charge in [0, 0.05) is 43.9 Å². The van der Waals surface area contributed by atoms with Crippen LogP contribution in [0.1, 0.15) is 11.1 Å². The van der Waals surface area contributed by atoms with E-state index in [-0.39, 0.29) is 0 Å². The summed E-state index contributed by atoms with van der Waals surface area (Å²) in [5.41, 5.74) is 13.6. The zero-order chi connectivity index (χ0) is 44.1. The summed E-state index contributed by atoms with van der Waals surface area (Å²) in [5.74, 6) is 1.70. The van der Waals surface area contributed by atoms with Crippen LogP contribution in [0.25, 0.3) is 111 Å². The first-order valence-corrected chi connectivity index (χ1v) is 21.7. The van der Waals surface area contributed by atoms with Gasteiger partial charge in [-0.1, -0.05) is 133 Å². The first-order valence-electron chi connectivity index (χ1n) is 21.7. The van der Waals surface area contributed by atoms with Crippen molar-refractivity contribution in [1.82, 2.24) is 24.1 Å². The predicted molar refractivity (Wildman–Crippen MR) is 265 cm³/mol. The van der Waals surface area contributed by atoms with E-state index in [1.54, 1.807) is 6.07 Å². The quantitative estimate of drug-likeness (QED) is 0.159. The summed E-state index contributed by atoms with van der Waals surface area (Å²) < 4.78 is 4.63. The highest BCUT2D eigenvalue weighted by molar-refractivity contribution is 6.12. The average Bonchev–Trinajstić information content (AvgIpc) is 3.91. The minimum absolute atomic E-state index is 0.444. The third kappa shape index (κ3) is 6.47. The molecule has 306 valence electrons. The summed E-state index contributed by atoms with van der Waals surface area (Å²) in [6.07, 6.45) is 0. The van der Waals surface area contributed by atoms with Crippen molar-refractivity contribution >= 4 is 43.6 Å². The maximum atomic E-state index is 9.80. The van der Waals surface area contributed by atoms with Crippen molar-refractivity contribution in [3.8, 4) is 79.9 Å². The predicted octanol–water partition coefficient (Wildman–Crippen LogP) is 14.1. The normalized spacial score (nSPS) is 11.3. The van der Waals surface area contributed by atoms with Crippen molar-refractivity contribution in [3.05, 3.63) is 223 Å². The lowest BCUT2D eigenvalue weighted by atomic mass is 9.98. The lowest BCUT2D eigenvalue weighted by molar-refractivity contribution is 1.06. The first kappa shape index (κ1) is 38.3. The van der Waals surface area contributed by atoms with E-state index >= 15 is 0 Å². The monoisotopic (exact) mass is 841 g/mol. The molecule has 9 aromatic carbocycles. The number of hydrogen-bond acceptors (Lipinski definition) is 5. The molecule has 3 aromatic heterocycles. The van der Waals surface area contributed by atoms with Crippen LogP contribution in [0.5, 0.6) is 0 Å². The van der Waals surface area contributed by atoms with E-state index in [1.165, 1.54) is 5.39 Å². The Kier molecular flexibility index (Phi) is 9.12. The molecule has 0 radical (unpaired) electrons. The van der Waals surface area contributed by atoms with Gasteiger partial charge < -0.3 is 9.13 Å². The largest absolute Gasteiger partial charge is 0.309 e. The molecule has 0 aliphatic heterocycles. The Bertz CT molecular complexity index is 3860. The van der Waals surface area contributed by atoms with Crippen LogP contribution in [0.4, 0.5) is 0 Å². The molecule has 12 aromatic rings. The van der Waals surface area contributed by atoms with E-state index in [4.69, 9.17) is 15.0 Å². The number of aromatic nitrogens is 5. The minimum Gasteiger partial charge on any atom is -0.309 e. The third-order valence-corrected chi connectivity index (χ3v) is 12.4. The Hall–Kier alpha value is -9.43. The first-order chi connectivity index (χ1) is 32.6. The maximum Gasteiger partial charge on any atom is 0.166 e. The summed E-state index contributed by atoms with van der Waals surface area (Å²) in [6.45, 7) is 0. The summed E-state index contributed by atoms with van der Waals surface area (Å²) in [6, 6.07) is 77.1. The number of para-hydroxylation sites is 3. The molecular weight excluding hydrogens is 807 g/mol. The van der Waals surface area contributed by atoms with Crippen LogP contribution in [0.3, 0.4) is 0 Å². The van der Waals surface area contributed by atoms with Crippen LogP contribution < -0.4 is 0 Å². The number of nitriles is 2. The van der Waals surface area contributed by atoms with Crippen molar-refractivity contribution < 1.29 is 0 Å². The molecule has 0 amide bonds. The second kappa shape index (κ2) is 15.7. The number of benzene rings is 9. The van der Waals surface area contributed by atoms with Gasteiger partial charge in [-0.3, -0.25) is 0 Å². The Morgan fingerprint density at radius 1 is 0.318 bits per heavy atom. The van der Waals surface area contributed by atoms with Gasteiger partial charge in [-0.05, 0) is 101 Å². The lowest BCUT2D eigenvalue weighted by Gasteiger charge is -2.16. The van der Waals surface area contributed by atoms with Crippen molar-refractivity contribution in [2.45, 2.75) is 0 Å². The van der Waals surface area contributed by atoms with Crippen LogP contribution in [0, 0.1) is 22.7 Å². The fourth-order valence-electron chi connectivity index (χ4n) is 9.36. The van der Waals surface area contributed by atoms with Gasteiger partial charge in [-0.25, -0.2) is 15.0 Å². The SMILES string of the molecule is N#Cc1cc(C#N)cc(-c2ccc3c(c2)c2ccccc2n3-c2ccc(-c3ccc4c(c3)c3ccccc3n4-c3ccccc3)cc2-c2nc(-c3ccccc3)nc(-c3ccccc3)n2)c1. The van der Waals surface area contributed by atoms with Gasteiger partial charge in [0.1, 0.15) is 0 Å². The summed E-state index contributed by atoms with van der Waals surface area (Å²) in [7, 11) is 0. The van der Waals surface area contributed by atoms with Gasteiger partial charge in [-0.2, -0.15) is 10.5 Å². The Morgan fingerprint density at radius 2 is 0.758 bits per heavy atom. The molecule has 0 unspecified atom stereocenters. The van der Waals surface area contributed by atoms with Crippen LogP contribution >= 0.6 is 0 Å². The Labute approximate surface area is 380 Å². The van der Waals surface area contributed by atoms with Gasteiger partial charge in [0.15, 0.2) is 17.5 Å². The standard InChI is InChI=1S/C59H35N7/c60-36-38-30-39(37-61)32-45(31-38)44-26-28-55-50(34-44)48-21-11-13-23-53(48)66(55)56-29-25-43(42-24-27-54-49(33-42)47-20-10-12-22-52(47)65(54)46-18-8-3-9-19-46)35-51(56)59-63-57(40-14-4-1-5-15-40)62-58(64-59)41-16-6-2-7-17-41/h1-35H. The summed E-state index contributed by atoms with van der Waals surface area (Å²) in [5, 5.41) is 24.0. The van der Waals surface area contributed by atoms with Crippen LogP contribution in [-0.4, -0.2) is 24.1 Å². The smallest absolute Gasteiger partial charge is 0.166 e. The summed E-state index contributed by atoms with van der Waals surface area (Å²) >= 11 is 0. The van der Waals surface area contributed by atoms with E-state index in [0.717, 1.165) is 88.5 Å². The molecule has 0 aliphatic carbocycles. The van der Waals surface area contributed by atoms with E-state index in [1.807, 2.05) is 78.9 Å². The minimum atomic E-state index is 0.444. The van der Waals surface area contributed by atoms with Gasteiger partial charge >= 0.3 is 0 Å². The van der Waals surface area contributed by atoms with Crippen molar-refractivity contribution in [1.29, 1.82) is 10.5 Å². The molecular formula is C59H35N7. The third-order valence-electron chi connectivity index (χ3n) is 12.4. The van der Waals surface area contributed by atoms with Crippen molar-refractivity contribution in [2.24, 2.45) is 0 Å². The second-order valence-electron chi connectivity index (χ2n) is 16.3. The number of nitrogens with zero attached hydrogens (tertiary/aromatic N) is 7. The molecule has 0 fully saturated rings. The van der Waals surface area contributed by atoms with Crippen LogP contribution in [0.2, 0.25) is 0 Å². The Balaban J connectivity index is 1.12. The Morgan fingerprint density at radius 3 is 1.33 bits per heavy atom. The molecule has 0 saturated carbocycles. The second-order valence-corrected chi connectivity index (χ2v) is 16.3. The molecule has 0 aliphatic rings. The maximum absolute atomic E-state index is 9.80. The molecule has 7 nitrogen and oxygen atoms in total. The number of hydrogen-bond donors (Lipinski definition) is 0. The van der Waals surface area contributed by atoms with Crippen LogP contribution in [0.15, 0.2) is 212 Å². The van der Waals surface area contributed by atoms with E-state index in [2.05, 4.69) is 149 Å². The highest BCUT2D eigenvalue weighted by Gasteiger charge is 2.22. The van der Waals surface area contributed by atoms with Gasteiger partial charge in [0.25, 0.3) is 0 Å². The highest BCUT2D eigenvalue weighted by Crippen LogP contribution is 2.41. The molecule has 66 heavy (non-hydrogen) atoms.